The number of allylic oxidation sites excluding steroid dienone is 6. The van der Waals surface area contributed by atoms with Crippen molar-refractivity contribution in [1.82, 2.24) is 9.97 Å². The predicted octanol–water partition coefficient (Wildman–Crippen LogP) is 5.68. The largest absolute Gasteiger partial charge is 0.506 e. The van der Waals surface area contributed by atoms with Crippen LogP contribution >= 0.6 is 22.7 Å². The van der Waals surface area contributed by atoms with Crippen molar-refractivity contribution in [2.75, 3.05) is 25.5 Å². The van der Waals surface area contributed by atoms with E-state index in [1.807, 2.05) is 44.4 Å². The van der Waals surface area contributed by atoms with Gasteiger partial charge in [0.05, 0.1) is 34.5 Å². The number of thiazole rings is 2. The maximum Gasteiger partial charge on any atom is 0.336 e. The molecule has 24 heteroatoms. The Morgan fingerprint density at radius 1 is 0.810 bits per heavy atom. The Bertz CT molecular complexity index is 2740. The average molecular weight is 936 g/mol. The fourth-order valence-electron chi connectivity index (χ4n) is 5.51. The second-order valence-corrected chi connectivity index (χ2v) is 15.2. The van der Waals surface area contributed by atoms with Gasteiger partial charge in [0.1, 0.15) is 39.7 Å². The predicted molar refractivity (Wildman–Crippen MR) is 229 cm³/mol. The number of hydrogen-bond acceptors (Lipinski definition) is 18. The SMILES string of the molecule is CN(CCC#N)c1ccc(N=NC2=[N+](C)c3ccccc3C2(C)C)cc1.O=C1C=CC(=NN=c2[n-]cc([N+](=O)[O-])s2)C(O)=C1.O=C1C=CC(=NN=c2[n-]cc([N+](=O)[O-])s2)C(O)=C1.[Co]. The zero-order valence-corrected chi connectivity index (χ0v) is 36.1. The summed E-state index contributed by atoms with van der Waals surface area (Å²) < 4.78 is 2.11. The molecule has 2 aliphatic carbocycles. The van der Waals surface area contributed by atoms with Crippen molar-refractivity contribution >= 4 is 78.6 Å². The number of nitrogens with zero attached hydrogens (tertiary/aromatic N) is 13. The molecule has 3 heterocycles. The van der Waals surface area contributed by atoms with E-state index in [-0.39, 0.29) is 76.3 Å². The van der Waals surface area contributed by atoms with Gasteiger partial charge < -0.3 is 35.3 Å². The molecule has 0 bridgehead atoms. The number of hydrogen-bond donors (Lipinski definition) is 2. The molecule has 1 radical (unpaired) electrons. The molecule has 0 fully saturated rings. The number of aliphatic hydroxyl groups excluding tert-OH is 2. The third kappa shape index (κ3) is 12.7. The summed E-state index contributed by atoms with van der Waals surface area (Å²) in [6.45, 7) is 5.07. The van der Waals surface area contributed by atoms with Gasteiger partial charge in [-0.15, -0.1) is 0 Å². The van der Waals surface area contributed by atoms with Crippen molar-refractivity contribution in [3.8, 4) is 6.07 Å². The molecule has 1 aliphatic heterocycles. The zero-order valence-electron chi connectivity index (χ0n) is 33.5. The minimum absolute atomic E-state index is 0. The van der Waals surface area contributed by atoms with Gasteiger partial charge in [0, 0.05) is 75.8 Å². The van der Waals surface area contributed by atoms with E-state index in [2.05, 4.69) is 88.2 Å². The summed E-state index contributed by atoms with van der Waals surface area (Å²) in [6.07, 6.45) is 9.68. The van der Waals surface area contributed by atoms with Gasteiger partial charge in [-0.25, -0.2) is 4.58 Å². The van der Waals surface area contributed by atoms with E-state index in [0.29, 0.717) is 13.0 Å². The monoisotopic (exact) mass is 935 g/mol. The van der Waals surface area contributed by atoms with Crippen LogP contribution in [0.4, 0.5) is 27.1 Å². The Kier molecular flexibility index (Phi) is 16.6. The summed E-state index contributed by atoms with van der Waals surface area (Å²) >= 11 is 1.51. The molecule has 0 amide bonds. The van der Waals surface area contributed by atoms with Crippen LogP contribution in [0.3, 0.4) is 0 Å². The number of aliphatic hydroxyl groups is 2. The van der Waals surface area contributed by atoms with Crippen LogP contribution in [-0.2, 0) is 31.8 Å². The number of carbonyl (C=O) groups excluding carboxylic acids is 2. The van der Waals surface area contributed by atoms with Gasteiger partial charge >= 0.3 is 15.8 Å². The normalized spacial score (nSPS) is 16.7. The van der Waals surface area contributed by atoms with Gasteiger partial charge in [-0.3, -0.25) is 40.0 Å². The fraction of sp³-hybridized carbons (Fsp3) is 0.179. The first-order valence-electron chi connectivity index (χ1n) is 17.9. The van der Waals surface area contributed by atoms with Crippen LogP contribution in [0.1, 0.15) is 25.8 Å². The first-order chi connectivity index (χ1) is 29.6. The molecule has 21 nitrogen and oxygen atoms in total. The summed E-state index contributed by atoms with van der Waals surface area (Å²) in [5.74, 6) is -0.379. The fourth-order valence-corrected chi connectivity index (χ4v) is 6.62. The van der Waals surface area contributed by atoms with Crippen molar-refractivity contribution in [3.63, 3.8) is 0 Å². The number of para-hydroxylation sites is 1. The molecule has 0 spiro atoms. The second-order valence-electron chi connectivity index (χ2n) is 13.2. The van der Waals surface area contributed by atoms with Gasteiger partial charge in [-0.05, 0) is 73.6 Å². The molecule has 63 heavy (non-hydrogen) atoms. The van der Waals surface area contributed by atoms with Gasteiger partial charge in [0.2, 0.25) is 0 Å². The topological polar surface area (TPSA) is 293 Å². The number of ketones is 2. The quantitative estimate of drug-likeness (QED) is 0.0709. The van der Waals surface area contributed by atoms with Crippen LogP contribution < -0.4 is 24.5 Å². The number of nitriles is 1. The molecule has 2 N–H and O–H groups in total. The number of azo groups is 1. The number of aromatic nitrogens is 2. The molecule has 0 unspecified atom stereocenters. The molecule has 325 valence electrons. The summed E-state index contributed by atoms with van der Waals surface area (Å²) in [6, 6.07) is 18.5. The molecular weight excluding hydrogens is 902 g/mol. The minimum Gasteiger partial charge on any atom is -0.506 e. The molecule has 0 atom stereocenters. The first kappa shape index (κ1) is 48.1. The maximum absolute atomic E-state index is 10.9. The number of benzene rings is 2. The van der Waals surface area contributed by atoms with Gasteiger partial charge in [0.15, 0.2) is 11.6 Å². The second kappa shape index (κ2) is 21.8. The Labute approximate surface area is 375 Å². The zero-order chi connectivity index (χ0) is 45.0. The van der Waals surface area contributed by atoms with Crippen LogP contribution in [-0.4, -0.2) is 74.1 Å². The van der Waals surface area contributed by atoms with Crippen LogP contribution in [0.15, 0.2) is 140 Å². The summed E-state index contributed by atoms with van der Waals surface area (Å²) in [5.41, 5.74) is 4.34. The van der Waals surface area contributed by atoms with E-state index < -0.39 is 9.85 Å². The molecule has 3 aliphatic rings. The Morgan fingerprint density at radius 2 is 1.32 bits per heavy atom. The average Bonchev–Trinajstić information content (AvgIpc) is 3.97. The van der Waals surface area contributed by atoms with Crippen LogP contribution in [0.2, 0.25) is 0 Å². The first-order valence-corrected chi connectivity index (χ1v) is 19.5. The molecule has 0 saturated carbocycles. The van der Waals surface area contributed by atoms with Gasteiger partial charge in [0.25, 0.3) is 0 Å². The number of anilines is 1. The summed E-state index contributed by atoms with van der Waals surface area (Å²) in [7, 11) is 4.02. The molecule has 2 aromatic carbocycles. The van der Waals surface area contributed by atoms with Gasteiger partial charge in [-0.2, -0.15) is 5.26 Å². The molecular formula is C39H34CoN13O8S2-. The van der Waals surface area contributed by atoms with E-state index >= 15 is 0 Å². The van der Waals surface area contributed by atoms with E-state index in [1.54, 1.807) is 0 Å². The smallest absolute Gasteiger partial charge is 0.336 e. The number of fused-ring (bicyclic) bond motifs is 1. The van der Waals surface area contributed by atoms with Crippen molar-refractivity contribution in [1.29, 1.82) is 5.26 Å². The van der Waals surface area contributed by atoms with Crippen molar-refractivity contribution in [2.45, 2.75) is 25.7 Å². The van der Waals surface area contributed by atoms with Crippen LogP contribution in [0.5, 0.6) is 0 Å². The third-order valence-electron chi connectivity index (χ3n) is 8.63. The Morgan fingerprint density at radius 3 is 1.76 bits per heavy atom. The number of carbonyl (C=O) groups is 2. The van der Waals surface area contributed by atoms with E-state index in [4.69, 9.17) is 5.26 Å². The van der Waals surface area contributed by atoms with Crippen LogP contribution in [0, 0.1) is 31.6 Å². The molecule has 4 aromatic rings. The van der Waals surface area contributed by atoms with Crippen molar-refractivity contribution in [3.05, 3.63) is 144 Å². The number of amidine groups is 1. The molecule has 2 aromatic heterocycles. The van der Waals surface area contributed by atoms with E-state index in [1.165, 1.54) is 35.6 Å². The minimum atomic E-state index is -0.583. The van der Waals surface area contributed by atoms with Crippen LogP contribution in [0.25, 0.3) is 0 Å². The molecule has 0 saturated heterocycles. The Hall–Kier alpha value is -7.59. The van der Waals surface area contributed by atoms with Gasteiger partial charge in [-0.1, -0.05) is 40.9 Å². The summed E-state index contributed by atoms with van der Waals surface area (Å²) in [5, 5.41) is 71.6. The number of nitro groups is 2. The Balaban J connectivity index is 0.000000211. The van der Waals surface area contributed by atoms with Crippen molar-refractivity contribution in [2.24, 2.45) is 30.6 Å². The standard InChI is InChI=1S/C21H24N5.2C9H6N4O4S.Co/c1-21(2)18-8-5-6-9-19(18)26(4)20(21)24-23-16-10-12-17(13-11-16)25(3)15-7-14-22;2*14-5-1-2-6(7(15)3-5)11-12-9-10-4-8(18-9)13(16)17;/h5-6,8-13H,7,15H2,1-4H3;2*1-4H,(H2,10,12,14,15);/q+1;;;/p-2. The van der Waals surface area contributed by atoms with E-state index in [0.717, 1.165) is 64.4 Å². The van der Waals surface area contributed by atoms with Crippen molar-refractivity contribution < 1.29 is 51.0 Å². The summed E-state index contributed by atoms with van der Waals surface area (Å²) in [4.78, 5) is 51.0. The number of rotatable bonds is 8. The maximum atomic E-state index is 10.9. The molecule has 7 rings (SSSR count). The third-order valence-corrected chi connectivity index (χ3v) is 10.3. The van der Waals surface area contributed by atoms with E-state index in [9.17, 15) is 40.0 Å².